The second-order valence-electron chi connectivity index (χ2n) is 3.12. The molecular weight excluding hydrogens is 192 g/mol. The molecule has 3 heteroatoms. The minimum atomic E-state index is -0.865. The number of carbonyl (C=O) groups excluding carboxylic acids is 1. The molecule has 0 aliphatic carbocycles. The van der Waals surface area contributed by atoms with Crippen molar-refractivity contribution in [2.75, 3.05) is 0 Å². The summed E-state index contributed by atoms with van der Waals surface area (Å²) in [5.41, 5.74) is 1.29. The lowest BCUT2D eigenvalue weighted by Crippen LogP contribution is -2.03. The Morgan fingerprint density at radius 2 is 2.00 bits per heavy atom. The zero-order valence-corrected chi connectivity index (χ0v) is 8.27. The number of aryl methyl sites for hydroxylation is 1. The number of hydrogen-bond acceptors (Lipinski definition) is 2. The monoisotopic (exact) mass is 204 g/mol. The molecule has 78 valence electrons. The van der Waals surface area contributed by atoms with E-state index in [0.717, 1.165) is 5.56 Å². The van der Waals surface area contributed by atoms with Crippen LogP contribution in [-0.2, 0) is 11.2 Å². The first-order valence-corrected chi connectivity index (χ1v) is 4.61. The zero-order valence-electron chi connectivity index (χ0n) is 8.27. The molecule has 0 radical (unpaired) electrons. The molecule has 0 saturated carbocycles. The number of carboxylic acid groups (broad SMARTS) is 1. The molecule has 0 aliphatic heterocycles. The van der Waals surface area contributed by atoms with Crippen LogP contribution in [0.25, 0.3) is 0 Å². The van der Waals surface area contributed by atoms with Gasteiger partial charge in [0.25, 0.3) is 0 Å². The van der Waals surface area contributed by atoms with Gasteiger partial charge >= 0.3 is 5.97 Å². The molecule has 0 saturated heterocycles. The maximum Gasteiger partial charge on any atom is 0.303 e. The highest BCUT2D eigenvalue weighted by Gasteiger charge is 2.08. The first-order chi connectivity index (χ1) is 7.15. The summed E-state index contributed by atoms with van der Waals surface area (Å²) in [5.74, 6) is -1.04. The summed E-state index contributed by atoms with van der Waals surface area (Å²) in [6.07, 6.45) is 1.63. The molecule has 0 aliphatic rings. The molecule has 1 aromatic carbocycles. The van der Waals surface area contributed by atoms with Gasteiger partial charge in [0.1, 0.15) is 0 Å². The molecule has 15 heavy (non-hydrogen) atoms. The first kappa shape index (κ1) is 11.2. The largest absolute Gasteiger partial charge is 0.481 e. The lowest BCUT2D eigenvalue weighted by molar-refractivity contribution is -0.136. The highest BCUT2D eigenvalue weighted by Crippen LogP contribution is 2.12. The Morgan fingerprint density at radius 1 is 1.33 bits per heavy atom. The van der Waals surface area contributed by atoms with Crippen molar-refractivity contribution >= 4 is 11.8 Å². The van der Waals surface area contributed by atoms with Gasteiger partial charge in [0.15, 0.2) is 5.78 Å². The molecule has 0 fully saturated rings. The van der Waals surface area contributed by atoms with E-state index in [-0.39, 0.29) is 12.2 Å². The van der Waals surface area contributed by atoms with E-state index >= 15 is 0 Å². The highest BCUT2D eigenvalue weighted by atomic mass is 16.4. The van der Waals surface area contributed by atoms with Crippen molar-refractivity contribution in [2.45, 2.75) is 12.8 Å². The number of allylic oxidation sites excluding steroid dienone is 1. The van der Waals surface area contributed by atoms with E-state index < -0.39 is 5.97 Å². The van der Waals surface area contributed by atoms with Gasteiger partial charge in [-0.25, -0.2) is 0 Å². The van der Waals surface area contributed by atoms with E-state index in [2.05, 4.69) is 6.58 Å². The predicted octanol–water partition coefficient (Wildman–Crippen LogP) is 2.07. The summed E-state index contributed by atoms with van der Waals surface area (Å²) in [6, 6.07) is 6.99. The summed E-state index contributed by atoms with van der Waals surface area (Å²) >= 11 is 0. The third-order valence-corrected chi connectivity index (χ3v) is 2.08. The average Bonchev–Trinajstić information content (AvgIpc) is 2.25. The van der Waals surface area contributed by atoms with Gasteiger partial charge in [0.05, 0.1) is 0 Å². The molecule has 0 heterocycles. The van der Waals surface area contributed by atoms with Gasteiger partial charge in [-0.05, 0) is 18.1 Å². The van der Waals surface area contributed by atoms with E-state index in [4.69, 9.17) is 5.11 Å². The van der Waals surface area contributed by atoms with E-state index in [0.29, 0.717) is 12.0 Å². The second-order valence-corrected chi connectivity index (χ2v) is 3.12. The number of hydrogen-bond donors (Lipinski definition) is 1. The lowest BCUT2D eigenvalue weighted by atomic mass is 10.00. The van der Waals surface area contributed by atoms with Gasteiger partial charge in [-0.1, -0.05) is 30.8 Å². The van der Waals surface area contributed by atoms with Crippen molar-refractivity contribution in [1.82, 2.24) is 0 Å². The first-order valence-electron chi connectivity index (χ1n) is 4.61. The fraction of sp³-hybridized carbons (Fsp3) is 0.167. The molecular formula is C12H12O3. The molecule has 0 unspecified atom stereocenters. The van der Waals surface area contributed by atoms with Crippen LogP contribution in [0.3, 0.4) is 0 Å². The Hall–Kier alpha value is -1.90. The van der Waals surface area contributed by atoms with E-state index in [1.54, 1.807) is 24.3 Å². The van der Waals surface area contributed by atoms with Gasteiger partial charge in [-0.3, -0.25) is 9.59 Å². The quantitative estimate of drug-likeness (QED) is 0.590. The topological polar surface area (TPSA) is 54.4 Å². The van der Waals surface area contributed by atoms with Crippen molar-refractivity contribution in [3.05, 3.63) is 48.0 Å². The maximum absolute atomic E-state index is 11.4. The summed E-state index contributed by atoms with van der Waals surface area (Å²) < 4.78 is 0. The number of benzene rings is 1. The van der Waals surface area contributed by atoms with Crippen LogP contribution in [0.15, 0.2) is 36.9 Å². The Bertz CT molecular complexity index is 394. The van der Waals surface area contributed by atoms with E-state index in [1.165, 1.54) is 6.08 Å². The molecule has 1 N–H and O–H groups in total. The predicted molar refractivity (Wildman–Crippen MR) is 56.9 cm³/mol. The summed E-state index contributed by atoms with van der Waals surface area (Å²) in [5, 5.41) is 8.56. The van der Waals surface area contributed by atoms with Gasteiger partial charge in [0, 0.05) is 12.0 Å². The minimum Gasteiger partial charge on any atom is -0.481 e. The van der Waals surface area contributed by atoms with Crippen LogP contribution in [0.4, 0.5) is 0 Å². The minimum absolute atomic E-state index is 0.0292. The average molecular weight is 204 g/mol. The number of carboxylic acids is 1. The van der Waals surface area contributed by atoms with Crippen LogP contribution < -0.4 is 0 Å². The van der Waals surface area contributed by atoms with Crippen molar-refractivity contribution in [1.29, 1.82) is 0 Å². The maximum atomic E-state index is 11.4. The van der Waals surface area contributed by atoms with Crippen molar-refractivity contribution in [2.24, 2.45) is 0 Å². The molecule has 0 spiro atoms. The Labute approximate surface area is 88.0 Å². The van der Waals surface area contributed by atoms with E-state index in [9.17, 15) is 9.59 Å². The summed E-state index contributed by atoms with van der Waals surface area (Å²) in [6.45, 7) is 3.41. The molecule has 0 amide bonds. The van der Waals surface area contributed by atoms with Crippen LogP contribution in [-0.4, -0.2) is 16.9 Å². The fourth-order valence-corrected chi connectivity index (χ4v) is 1.33. The Kier molecular flexibility index (Phi) is 3.80. The smallest absolute Gasteiger partial charge is 0.303 e. The molecule has 0 aromatic heterocycles. The number of ketones is 1. The molecule has 3 nitrogen and oxygen atoms in total. The molecule has 1 rings (SSSR count). The lowest BCUT2D eigenvalue weighted by Gasteiger charge is -2.04. The van der Waals surface area contributed by atoms with Crippen LogP contribution in [0.2, 0.25) is 0 Å². The van der Waals surface area contributed by atoms with Crippen LogP contribution in [0.5, 0.6) is 0 Å². The van der Waals surface area contributed by atoms with Gasteiger partial charge in [-0.15, -0.1) is 0 Å². The number of rotatable bonds is 5. The summed E-state index contributed by atoms with van der Waals surface area (Å²) in [4.78, 5) is 21.8. The van der Waals surface area contributed by atoms with Gasteiger partial charge in [0.2, 0.25) is 0 Å². The van der Waals surface area contributed by atoms with Crippen molar-refractivity contribution in [3.63, 3.8) is 0 Å². The highest BCUT2D eigenvalue weighted by molar-refractivity contribution is 6.05. The Morgan fingerprint density at radius 3 is 2.60 bits per heavy atom. The third-order valence-electron chi connectivity index (χ3n) is 2.08. The fourth-order valence-electron chi connectivity index (χ4n) is 1.33. The molecule has 0 atom stereocenters. The number of carbonyl (C=O) groups is 2. The molecule has 0 bridgehead atoms. The number of aliphatic carboxylic acids is 1. The third kappa shape index (κ3) is 3.06. The SMILES string of the molecule is C=CC(=O)c1ccccc1CCC(=O)O. The Balaban J connectivity index is 2.91. The van der Waals surface area contributed by atoms with Crippen LogP contribution in [0.1, 0.15) is 22.3 Å². The van der Waals surface area contributed by atoms with Crippen molar-refractivity contribution in [3.8, 4) is 0 Å². The van der Waals surface area contributed by atoms with E-state index in [1.807, 2.05) is 0 Å². The zero-order chi connectivity index (χ0) is 11.3. The van der Waals surface area contributed by atoms with Crippen LogP contribution in [0, 0.1) is 0 Å². The standard InChI is InChI=1S/C12H12O3/c1-2-11(13)10-6-4-3-5-9(10)7-8-12(14)15/h2-6H,1,7-8H2,(H,14,15). The summed E-state index contributed by atoms with van der Waals surface area (Å²) in [7, 11) is 0. The van der Waals surface area contributed by atoms with Gasteiger partial charge in [-0.2, -0.15) is 0 Å². The van der Waals surface area contributed by atoms with Crippen molar-refractivity contribution < 1.29 is 14.7 Å². The van der Waals surface area contributed by atoms with Gasteiger partial charge < -0.3 is 5.11 Å². The normalized spacial score (nSPS) is 9.60. The van der Waals surface area contributed by atoms with Crippen LogP contribution >= 0.6 is 0 Å². The second kappa shape index (κ2) is 5.10. The molecule has 1 aromatic rings.